The summed E-state index contributed by atoms with van der Waals surface area (Å²) < 4.78 is 5.11. The predicted octanol–water partition coefficient (Wildman–Crippen LogP) is 1.40. The van der Waals surface area contributed by atoms with E-state index in [1.165, 1.54) is 0 Å². The van der Waals surface area contributed by atoms with Crippen LogP contribution in [0.15, 0.2) is 30.3 Å². The summed E-state index contributed by atoms with van der Waals surface area (Å²) in [4.78, 5) is 37.5. The van der Waals surface area contributed by atoms with Crippen LogP contribution < -0.4 is 16.4 Å². The van der Waals surface area contributed by atoms with E-state index in [0.29, 0.717) is 6.42 Å². The average Bonchev–Trinajstić information content (AvgIpc) is 2.65. The molecule has 0 fully saturated rings. The van der Waals surface area contributed by atoms with Gasteiger partial charge in [-0.2, -0.15) is 0 Å². The summed E-state index contributed by atoms with van der Waals surface area (Å²) in [7, 11) is 0. The van der Waals surface area contributed by atoms with Crippen LogP contribution in [0, 0.1) is 11.8 Å². The molecule has 0 heterocycles. The third-order valence-corrected chi connectivity index (χ3v) is 4.44. The number of nitrogens with two attached hydrogens (primary N) is 1. The molecule has 7 heteroatoms. The number of ether oxygens (including phenoxy) is 1. The Hall–Kier alpha value is -2.41. The molecule has 0 bridgehead atoms. The van der Waals surface area contributed by atoms with Crippen LogP contribution in [0.2, 0.25) is 0 Å². The smallest absolute Gasteiger partial charge is 0.328 e. The Kier molecular flexibility index (Phi) is 9.65. The van der Waals surface area contributed by atoms with Gasteiger partial charge < -0.3 is 21.1 Å². The fraction of sp³-hybridized carbons (Fsp3) is 0.571. The second-order valence-electron chi connectivity index (χ2n) is 7.50. The largest absolute Gasteiger partial charge is 0.464 e. The number of esters is 1. The Morgan fingerprint density at radius 3 is 2.07 bits per heavy atom. The molecule has 0 aliphatic heterocycles. The standard InChI is InChI=1S/C21H33N3O4/c1-6-28-21(27)16(12-15-10-8-7-9-11-15)23-20(26)18(14(4)5)24-19(25)17(22)13(2)3/h7-11,13-14,16-18H,6,12,22H2,1-5H3,(H,23,26)(H,24,25)/t16-,17-,18-/m0/s1. The minimum atomic E-state index is -0.841. The Morgan fingerprint density at radius 2 is 1.57 bits per heavy atom. The monoisotopic (exact) mass is 391 g/mol. The van der Waals surface area contributed by atoms with Crippen molar-refractivity contribution in [3.8, 4) is 0 Å². The van der Waals surface area contributed by atoms with Crippen molar-refractivity contribution in [1.82, 2.24) is 10.6 Å². The van der Waals surface area contributed by atoms with Crippen molar-refractivity contribution in [2.45, 2.75) is 59.2 Å². The summed E-state index contributed by atoms with van der Waals surface area (Å²) in [6, 6.07) is 7.01. The van der Waals surface area contributed by atoms with Gasteiger partial charge in [0.05, 0.1) is 12.6 Å². The Balaban J connectivity index is 2.92. The van der Waals surface area contributed by atoms with E-state index in [9.17, 15) is 14.4 Å². The molecule has 0 aliphatic carbocycles. The van der Waals surface area contributed by atoms with Crippen molar-refractivity contribution >= 4 is 17.8 Å². The second-order valence-corrected chi connectivity index (χ2v) is 7.50. The van der Waals surface area contributed by atoms with Crippen LogP contribution in [0.3, 0.4) is 0 Å². The first-order valence-electron chi connectivity index (χ1n) is 9.74. The van der Waals surface area contributed by atoms with Crippen molar-refractivity contribution < 1.29 is 19.1 Å². The Bertz CT molecular complexity index is 646. The van der Waals surface area contributed by atoms with Gasteiger partial charge in [-0.15, -0.1) is 0 Å². The Labute approximate surface area is 167 Å². The van der Waals surface area contributed by atoms with Crippen LogP contribution in [-0.2, 0) is 25.5 Å². The Morgan fingerprint density at radius 1 is 0.964 bits per heavy atom. The number of carbonyl (C=O) groups excluding carboxylic acids is 3. The van der Waals surface area contributed by atoms with Crippen molar-refractivity contribution in [3.05, 3.63) is 35.9 Å². The van der Waals surface area contributed by atoms with Gasteiger partial charge in [-0.1, -0.05) is 58.0 Å². The first-order chi connectivity index (χ1) is 13.2. The molecule has 156 valence electrons. The zero-order valence-corrected chi connectivity index (χ0v) is 17.4. The van der Waals surface area contributed by atoms with Gasteiger partial charge in [-0.25, -0.2) is 4.79 Å². The summed E-state index contributed by atoms with van der Waals surface area (Å²) in [5, 5.41) is 5.45. The fourth-order valence-corrected chi connectivity index (χ4v) is 2.63. The second kappa shape index (κ2) is 11.4. The number of rotatable bonds is 10. The number of hydrogen-bond acceptors (Lipinski definition) is 5. The van der Waals surface area contributed by atoms with Gasteiger partial charge in [0.15, 0.2) is 0 Å². The lowest BCUT2D eigenvalue weighted by molar-refractivity contribution is -0.147. The molecule has 0 aromatic heterocycles. The normalized spacial score (nSPS) is 14.3. The third-order valence-electron chi connectivity index (χ3n) is 4.44. The number of hydrogen-bond donors (Lipinski definition) is 3. The quantitative estimate of drug-likeness (QED) is 0.522. The average molecular weight is 392 g/mol. The van der Waals surface area contributed by atoms with Crippen LogP contribution in [0.1, 0.15) is 40.2 Å². The zero-order chi connectivity index (χ0) is 21.3. The molecular formula is C21H33N3O4. The van der Waals surface area contributed by atoms with Gasteiger partial charge >= 0.3 is 5.97 Å². The van der Waals surface area contributed by atoms with Crippen molar-refractivity contribution in [1.29, 1.82) is 0 Å². The van der Waals surface area contributed by atoms with Gasteiger partial charge in [-0.05, 0) is 24.3 Å². The fourth-order valence-electron chi connectivity index (χ4n) is 2.63. The van der Waals surface area contributed by atoms with E-state index in [4.69, 9.17) is 10.5 Å². The number of amides is 2. The first kappa shape index (κ1) is 23.6. The first-order valence-corrected chi connectivity index (χ1v) is 9.74. The zero-order valence-electron chi connectivity index (χ0n) is 17.4. The molecule has 3 atom stereocenters. The minimum absolute atomic E-state index is 0.0544. The minimum Gasteiger partial charge on any atom is -0.464 e. The van der Waals surface area contributed by atoms with E-state index < -0.39 is 30.0 Å². The number of carbonyl (C=O) groups is 3. The number of benzene rings is 1. The molecule has 4 N–H and O–H groups in total. The summed E-state index contributed by atoms with van der Waals surface area (Å²) in [5.74, 6) is -1.57. The highest BCUT2D eigenvalue weighted by Gasteiger charge is 2.31. The highest BCUT2D eigenvalue weighted by molar-refractivity contribution is 5.92. The lowest BCUT2D eigenvalue weighted by atomic mass is 9.99. The van der Waals surface area contributed by atoms with Gasteiger partial charge in [0, 0.05) is 6.42 Å². The molecule has 28 heavy (non-hydrogen) atoms. The van der Waals surface area contributed by atoms with E-state index in [0.717, 1.165) is 5.56 Å². The lowest BCUT2D eigenvalue weighted by Gasteiger charge is -2.26. The van der Waals surface area contributed by atoms with Crippen molar-refractivity contribution in [2.24, 2.45) is 17.6 Å². The topological polar surface area (TPSA) is 111 Å². The molecule has 2 amide bonds. The predicted molar refractivity (Wildman–Crippen MR) is 108 cm³/mol. The molecule has 0 spiro atoms. The molecule has 0 saturated heterocycles. The number of nitrogens with one attached hydrogen (secondary N) is 2. The van der Waals surface area contributed by atoms with E-state index >= 15 is 0 Å². The molecule has 1 rings (SSSR count). The molecule has 7 nitrogen and oxygen atoms in total. The third kappa shape index (κ3) is 7.31. The molecule has 0 saturated carbocycles. The van der Waals surface area contributed by atoms with E-state index in [-0.39, 0.29) is 24.3 Å². The van der Waals surface area contributed by atoms with Gasteiger partial charge in [0.1, 0.15) is 12.1 Å². The van der Waals surface area contributed by atoms with E-state index in [1.54, 1.807) is 6.92 Å². The summed E-state index contributed by atoms with van der Waals surface area (Å²) in [5.41, 5.74) is 6.78. The molecule has 0 radical (unpaired) electrons. The highest BCUT2D eigenvalue weighted by Crippen LogP contribution is 2.09. The van der Waals surface area contributed by atoms with Gasteiger partial charge in [0.2, 0.25) is 11.8 Å². The SMILES string of the molecule is CCOC(=O)[C@H](Cc1ccccc1)NC(=O)[C@@H](NC(=O)[C@@H](N)C(C)C)C(C)C. The van der Waals surface area contributed by atoms with Crippen molar-refractivity contribution in [2.75, 3.05) is 6.61 Å². The highest BCUT2D eigenvalue weighted by atomic mass is 16.5. The molecule has 1 aromatic rings. The molecule has 0 aliphatic rings. The van der Waals surface area contributed by atoms with Gasteiger partial charge in [0.25, 0.3) is 0 Å². The van der Waals surface area contributed by atoms with Crippen LogP contribution in [0.25, 0.3) is 0 Å². The van der Waals surface area contributed by atoms with Crippen LogP contribution >= 0.6 is 0 Å². The molecular weight excluding hydrogens is 358 g/mol. The summed E-state index contributed by atoms with van der Waals surface area (Å²) in [6.45, 7) is 9.25. The molecule has 0 unspecified atom stereocenters. The van der Waals surface area contributed by atoms with E-state index in [1.807, 2.05) is 58.0 Å². The molecule has 1 aromatic carbocycles. The van der Waals surface area contributed by atoms with Crippen LogP contribution in [0.4, 0.5) is 0 Å². The van der Waals surface area contributed by atoms with Crippen LogP contribution in [0.5, 0.6) is 0 Å². The summed E-state index contributed by atoms with van der Waals surface area (Å²) >= 11 is 0. The summed E-state index contributed by atoms with van der Waals surface area (Å²) in [6.07, 6.45) is 0.301. The lowest BCUT2D eigenvalue weighted by Crippen LogP contribution is -2.57. The maximum atomic E-state index is 12.8. The maximum Gasteiger partial charge on any atom is 0.328 e. The van der Waals surface area contributed by atoms with E-state index in [2.05, 4.69) is 10.6 Å². The van der Waals surface area contributed by atoms with Gasteiger partial charge in [-0.3, -0.25) is 9.59 Å². The van der Waals surface area contributed by atoms with Crippen molar-refractivity contribution in [3.63, 3.8) is 0 Å². The maximum absolute atomic E-state index is 12.8. The van der Waals surface area contributed by atoms with Crippen LogP contribution in [-0.4, -0.2) is 42.5 Å².